The van der Waals surface area contributed by atoms with E-state index in [0.717, 1.165) is 41.1 Å². The molecule has 1 aliphatic rings. The summed E-state index contributed by atoms with van der Waals surface area (Å²) < 4.78 is 5.50. The van der Waals surface area contributed by atoms with Crippen molar-refractivity contribution in [1.29, 1.82) is 0 Å². The van der Waals surface area contributed by atoms with Gasteiger partial charge in [0.05, 0.1) is 17.9 Å². The predicted octanol–water partition coefficient (Wildman–Crippen LogP) is 2.95. The number of nitrogens with one attached hydrogen (secondary N) is 2. The fraction of sp³-hybridized carbons (Fsp3) is 0.333. The second-order valence-corrected chi connectivity index (χ2v) is 5.25. The fourth-order valence-corrected chi connectivity index (χ4v) is 2.79. The Balaban J connectivity index is 1.71. The van der Waals surface area contributed by atoms with E-state index >= 15 is 0 Å². The molecule has 1 unspecified atom stereocenters. The first-order chi connectivity index (χ1) is 9.79. The molecular formula is C15H16N4O. The highest BCUT2D eigenvalue weighted by Crippen LogP contribution is 2.26. The van der Waals surface area contributed by atoms with Crippen molar-refractivity contribution in [1.82, 2.24) is 20.3 Å². The van der Waals surface area contributed by atoms with Crippen molar-refractivity contribution in [3.8, 4) is 11.3 Å². The number of imidazole rings is 1. The summed E-state index contributed by atoms with van der Waals surface area (Å²) in [6, 6.07) is 6.39. The van der Waals surface area contributed by atoms with Gasteiger partial charge >= 0.3 is 0 Å². The number of aryl methyl sites for hydroxylation is 1. The summed E-state index contributed by atoms with van der Waals surface area (Å²) in [5, 5.41) is 3.45. The highest BCUT2D eigenvalue weighted by Gasteiger charge is 2.19. The van der Waals surface area contributed by atoms with Gasteiger partial charge in [0, 0.05) is 12.5 Å². The van der Waals surface area contributed by atoms with Gasteiger partial charge in [-0.05, 0) is 37.6 Å². The number of hydrogen-bond acceptors (Lipinski definition) is 4. The second-order valence-electron chi connectivity index (χ2n) is 5.25. The Labute approximate surface area is 116 Å². The molecule has 1 fully saturated rings. The summed E-state index contributed by atoms with van der Waals surface area (Å²) in [4.78, 5) is 12.3. The molecule has 4 rings (SSSR count). The molecular weight excluding hydrogens is 252 g/mol. The van der Waals surface area contributed by atoms with E-state index in [1.54, 1.807) is 0 Å². The third-order valence-electron chi connectivity index (χ3n) is 3.79. The zero-order valence-corrected chi connectivity index (χ0v) is 11.3. The zero-order chi connectivity index (χ0) is 13.5. The van der Waals surface area contributed by atoms with Gasteiger partial charge in [0.2, 0.25) is 0 Å². The number of fused-ring (bicyclic) bond motifs is 1. The Hall–Kier alpha value is -2.14. The Morgan fingerprint density at radius 3 is 3.15 bits per heavy atom. The van der Waals surface area contributed by atoms with Crippen molar-refractivity contribution in [2.75, 3.05) is 6.54 Å². The van der Waals surface area contributed by atoms with Gasteiger partial charge in [0.1, 0.15) is 11.3 Å². The lowest BCUT2D eigenvalue weighted by atomic mass is 10.1. The average Bonchev–Trinajstić information content (AvgIpc) is 3.17. The van der Waals surface area contributed by atoms with Crippen LogP contribution in [0.15, 0.2) is 28.8 Å². The number of aromatic amines is 1. The van der Waals surface area contributed by atoms with Crippen LogP contribution in [-0.4, -0.2) is 21.5 Å². The van der Waals surface area contributed by atoms with Gasteiger partial charge in [-0.1, -0.05) is 0 Å². The molecule has 2 N–H and O–H groups in total. The van der Waals surface area contributed by atoms with Crippen LogP contribution in [0.2, 0.25) is 0 Å². The van der Waals surface area contributed by atoms with Crippen molar-refractivity contribution in [2.45, 2.75) is 25.8 Å². The maximum absolute atomic E-state index is 5.50. The van der Waals surface area contributed by atoms with E-state index in [9.17, 15) is 0 Å². The SMILES string of the molecule is Cc1nc2cc(-c3cnc(C4CCCN4)[nH]3)ccc2o1. The monoisotopic (exact) mass is 268 g/mol. The summed E-state index contributed by atoms with van der Waals surface area (Å²) in [6.07, 6.45) is 4.25. The van der Waals surface area contributed by atoms with E-state index in [4.69, 9.17) is 4.42 Å². The van der Waals surface area contributed by atoms with Gasteiger partial charge in [-0.3, -0.25) is 0 Å². The molecule has 1 atom stereocenters. The minimum absolute atomic E-state index is 0.363. The first kappa shape index (κ1) is 11.7. The van der Waals surface area contributed by atoms with Crippen LogP contribution in [0, 0.1) is 6.92 Å². The van der Waals surface area contributed by atoms with E-state index in [1.165, 1.54) is 6.42 Å². The van der Waals surface area contributed by atoms with Crippen LogP contribution in [0.25, 0.3) is 22.4 Å². The molecule has 20 heavy (non-hydrogen) atoms. The Kier molecular flexibility index (Phi) is 2.60. The van der Waals surface area contributed by atoms with Crippen molar-refractivity contribution >= 4 is 11.1 Å². The van der Waals surface area contributed by atoms with Crippen LogP contribution < -0.4 is 5.32 Å². The van der Waals surface area contributed by atoms with Crippen LogP contribution in [0.4, 0.5) is 0 Å². The molecule has 0 saturated carbocycles. The van der Waals surface area contributed by atoms with E-state index in [-0.39, 0.29) is 0 Å². The lowest BCUT2D eigenvalue weighted by molar-refractivity contribution is 0.561. The maximum Gasteiger partial charge on any atom is 0.192 e. The zero-order valence-electron chi connectivity index (χ0n) is 11.3. The first-order valence-corrected chi connectivity index (χ1v) is 6.95. The third kappa shape index (κ3) is 1.91. The predicted molar refractivity (Wildman–Crippen MR) is 76.3 cm³/mol. The Morgan fingerprint density at radius 1 is 1.35 bits per heavy atom. The number of oxazole rings is 1. The fourth-order valence-electron chi connectivity index (χ4n) is 2.79. The number of hydrogen-bond donors (Lipinski definition) is 2. The summed E-state index contributed by atoms with van der Waals surface area (Å²) in [5.74, 6) is 1.71. The number of benzene rings is 1. The van der Waals surface area contributed by atoms with Crippen molar-refractivity contribution < 1.29 is 4.42 Å². The minimum Gasteiger partial charge on any atom is -0.441 e. The Bertz CT molecular complexity index is 752. The van der Waals surface area contributed by atoms with Crippen molar-refractivity contribution in [2.24, 2.45) is 0 Å². The summed E-state index contributed by atoms with van der Waals surface area (Å²) in [5.41, 5.74) is 3.82. The molecule has 1 aromatic carbocycles. The summed E-state index contributed by atoms with van der Waals surface area (Å²) in [7, 11) is 0. The van der Waals surface area contributed by atoms with Gasteiger partial charge in [-0.15, -0.1) is 0 Å². The van der Waals surface area contributed by atoms with Crippen molar-refractivity contribution in [3.63, 3.8) is 0 Å². The van der Waals surface area contributed by atoms with Crippen LogP contribution in [0.3, 0.4) is 0 Å². The van der Waals surface area contributed by atoms with E-state index in [1.807, 2.05) is 31.3 Å². The average molecular weight is 268 g/mol. The molecule has 0 amide bonds. The lowest BCUT2D eigenvalue weighted by Gasteiger charge is -2.05. The number of rotatable bonds is 2. The normalized spacial score (nSPS) is 18.9. The number of nitrogens with zero attached hydrogens (tertiary/aromatic N) is 2. The topological polar surface area (TPSA) is 66.7 Å². The smallest absolute Gasteiger partial charge is 0.192 e. The quantitative estimate of drug-likeness (QED) is 0.750. The molecule has 5 heteroatoms. The van der Waals surface area contributed by atoms with Gasteiger partial charge in [0.25, 0.3) is 0 Å². The van der Waals surface area contributed by atoms with E-state index < -0.39 is 0 Å². The lowest BCUT2D eigenvalue weighted by Crippen LogP contribution is -2.14. The van der Waals surface area contributed by atoms with Crippen LogP contribution in [0.1, 0.15) is 30.6 Å². The number of aromatic nitrogens is 3. The summed E-state index contributed by atoms with van der Waals surface area (Å²) in [6.45, 7) is 2.94. The van der Waals surface area contributed by atoms with E-state index in [2.05, 4.69) is 20.3 Å². The molecule has 2 aromatic heterocycles. The maximum atomic E-state index is 5.50. The van der Waals surface area contributed by atoms with Gasteiger partial charge in [0.15, 0.2) is 11.5 Å². The van der Waals surface area contributed by atoms with Crippen LogP contribution >= 0.6 is 0 Å². The molecule has 0 bridgehead atoms. The molecule has 1 saturated heterocycles. The minimum atomic E-state index is 0.363. The van der Waals surface area contributed by atoms with Crippen LogP contribution in [0.5, 0.6) is 0 Å². The number of H-pyrrole nitrogens is 1. The molecule has 0 aliphatic carbocycles. The summed E-state index contributed by atoms with van der Waals surface area (Å²) >= 11 is 0. The standard InChI is InChI=1S/C15H16N4O/c1-9-18-12-7-10(4-5-14(12)20-9)13-8-17-15(19-13)11-3-2-6-16-11/h4-5,7-8,11,16H,2-3,6H2,1H3,(H,17,19). The van der Waals surface area contributed by atoms with Gasteiger partial charge in [-0.2, -0.15) is 0 Å². The molecule has 3 heterocycles. The molecule has 1 aliphatic heterocycles. The third-order valence-corrected chi connectivity index (χ3v) is 3.79. The molecule has 0 spiro atoms. The van der Waals surface area contributed by atoms with Crippen molar-refractivity contribution in [3.05, 3.63) is 36.1 Å². The van der Waals surface area contributed by atoms with Crippen LogP contribution in [-0.2, 0) is 0 Å². The van der Waals surface area contributed by atoms with Gasteiger partial charge < -0.3 is 14.7 Å². The van der Waals surface area contributed by atoms with Gasteiger partial charge in [-0.25, -0.2) is 9.97 Å². The van der Waals surface area contributed by atoms with E-state index in [0.29, 0.717) is 11.9 Å². The molecule has 3 aromatic rings. The highest BCUT2D eigenvalue weighted by atomic mass is 16.3. The largest absolute Gasteiger partial charge is 0.441 e. The second kappa shape index (κ2) is 4.45. The Morgan fingerprint density at radius 2 is 2.30 bits per heavy atom. The first-order valence-electron chi connectivity index (χ1n) is 6.95. The molecule has 0 radical (unpaired) electrons. The molecule has 102 valence electrons. The highest BCUT2D eigenvalue weighted by molar-refractivity contribution is 5.79. The molecule has 5 nitrogen and oxygen atoms in total.